The van der Waals surface area contributed by atoms with E-state index in [1.54, 1.807) is 0 Å². The van der Waals surface area contributed by atoms with Crippen molar-refractivity contribution in [3.05, 3.63) is 64.5 Å². The van der Waals surface area contributed by atoms with Crippen LogP contribution in [0.4, 0.5) is 27.6 Å². The van der Waals surface area contributed by atoms with Gasteiger partial charge in [-0.05, 0) is 24.3 Å². The Labute approximate surface area is 125 Å². The van der Waals surface area contributed by atoms with Crippen LogP contribution < -0.4 is 5.43 Å². The summed E-state index contributed by atoms with van der Waals surface area (Å²) in [7, 11) is 0. The van der Waals surface area contributed by atoms with Crippen LogP contribution in [0, 0.1) is 29.1 Å². The Morgan fingerprint density at radius 2 is 1.39 bits per heavy atom. The van der Waals surface area contributed by atoms with Gasteiger partial charge < -0.3 is 5.11 Å². The molecule has 0 aromatic heterocycles. The third-order valence-corrected chi connectivity index (χ3v) is 2.76. The predicted molar refractivity (Wildman–Crippen MR) is 70.8 cm³/mol. The molecule has 0 heterocycles. The molecular formula is C14H7F5N2O2. The van der Waals surface area contributed by atoms with Crippen LogP contribution in [-0.4, -0.2) is 17.3 Å². The quantitative estimate of drug-likeness (QED) is 0.296. The number of benzene rings is 2. The van der Waals surface area contributed by atoms with Gasteiger partial charge >= 0.3 is 5.97 Å². The smallest absolute Gasteiger partial charge is 0.335 e. The molecule has 0 saturated heterocycles. The molecule has 2 N–H and O–H groups in total. The highest BCUT2D eigenvalue weighted by Crippen LogP contribution is 2.21. The molecule has 120 valence electrons. The van der Waals surface area contributed by atoms with E-state index in [1.807, 2.05) is 0 Å². The van der Waals surface area contributed by atoms with E-state index < -0.39 is 40.6 Å². The van der Waals surface area contributed by atoms with Gasteiger partial charge in [-0.2, -0.15) is 5.10 Å². The van der Waals surface area contributed by atoms with Gasteiger partial charge in [0.1, 0.15) is 0 Å². The van der Waals surface area contributed by atoms with Gasteiger partial charge in [-0.15, -0.1) is 0 Å². The van der Waals surface area contributed by atoms with Crippen molar-refractivity contribution in [1.29, 1.82) is 0 Å². The monoisotopic (exact) mass is 330 g/mol. The Kier molecular flexibility index (Phi) is 4.58. The highest BCUT2D eigenvalue weighted by Gasteiger charge is 2.24. The molecule has 0 amide bonds. The molecule has 2 aromatic rings. The maximum Gasteiger partial charge on any atom is 0.335 e. The predicted octanol–water partition coefficient (Wildman–Crippen LogP) is 3.53. The molecule has 0 atom stereocenters. The van der Waals surface area contributed by atoms with Crippen LogP contribution in [0.3, 0.4) is 0 Å². The van der Waals surface area contributed by atoms with Gasteiger partial charge in [0.2, 0.25) is 5.82 Å². The van der Waals surface area contributed by atoms with E-state index in [0.717, 1.165) is 0 Å². The van der Waals surface area contributed by atoms with Gasteiger partial charge in [0, 0.05) is 0 Å². The molecule has 0 bridgehead atoms. The fourth-order valence-electron chi connectivity index (χ4n) is 1.59. The SMILES string of the molecule is O=C(O)c1ccc(N/N=C\c2c(F)c(F)c(F)c(F)c2F)cc1. The van der Waals surface area contributed by atoms with E-state index in [2.05, 4.69) is 10.5 Å². The summed E-state index contributed by atoms with van der Waals surface area (Å²) in [5.41, 5.74) is 1.32. The van der Waals surface area contributed by atoms with Gasteiger partial charge in [-0.3, -0.25) is 5.43 Å². The van der Waals surface area contributed by atoms with Crippen LogP contribution in [0.15, 0.2) is 29.4 Å². The van der Waals surface area contributed by atoms with Crippen molar-refractivity contribution in [1.82, 2.24) is 0 Å². The molecule has 23 heavy (non-hydrogen) atoms. The third-order valence-electron chi connectivity index (χ3n) is 2.76. The molecule has 0 spiro atoms. The zero-order chi connectivity index (χ0) is 17.1. The lowest BCUT2D eigenvalue weighted by Crippen LogP contribution is -2.07. The van der Waals surface area contributed by atoms with E-state index in [9.17, 15) is 26.7 Å². The van der Waals surface area contributed by atoms with Crippen molar-refractivity contribution in [2.45, 2.75) is 0 Å². The summed E-state index contributed by atoms with van der Waals surface area (Å²) in [5, 5.41) is 12.1. The van der Waals surface area contributed by atoms with Crippen LogP contribution in [0.5, 0.6) is 0 Å². The fraction of sp³-hybridized carbons (Fsp3) is 0. The first-order valence-electron chi connectivity index (χ1n) is 5.96. The Hall–Kier alpha value is -2.97. The van der Waals surface area contributed by atoms with Crippen molar-refractivity contribution in [2.75, 3.05) is 5.43 Å². The van der Waals surface area contributed by atoms with Gasteiger partial charge in [-0.25, -0.2) is 26.7 Å². The van der Waals surface area contributed by atoms with Crippen molar-refractivity contribution < 1.29 is 31.9 Å². The minimum atomic E-state index is -2.26. The number of carbonyl (C=O) groups is 1. The minimum Gasteiger partial charge on any atom is -0.478 e. The fourth-order valence-corrected chi connectivity index (χ4v) is 1.59. The summed E-state index contributed by atoms with van der Waals surface area (Å²) in [4.78, 5) is 10.6. The maximum atomic E-state index is 13.4. The molecule has 0 saturated carbocycles. The summed E-state index contributed by atoms with van der Waals surface area (Å²) in [6.45, 7) is 0. The second-order valence-electron chi connectivity index (χ2n) is 4.24. The number of carboxylic acid groups (broad SMARTS) is 1. The molecule has 0 fully saturated rings. The van der Waals surface area contributed by atoms with Gasteiger partial charge in [-0.1, -0.05) is 0 Å². The molecule has 0 aliphatic rings. The van der Waals surface area contributed by atoms with Crippen molar-refractivity contribution in [3.8, 4) is 0 Å². The van der Waals surface area contributed by atoms with E-state index in [1.165, 1.54) is 24.3 Å². The lowest BCUT2D eigenvalue weighted by molar-refractivity contribution is 0.0697. The average molecular weight is 330 g/mol. The van der Waals surface area contributed by atoms with Crippen LogP contribution in [-0.2, 0) is 0 Å². The van der Waals surface area contributed by atoms with Crippen molar-refractivity contribution in [3.63, 3.8) is 0 Å². The lowest BCUT2D eigenvalue weighted by Gasteiger charge is -2.04. The molecule has 0 aliphatic carbocycles. The van der Waals surface area contributed by atoms with E-state index in [-0.39, 0.29) is 11.3 Å². The molecule has 0 aliphatic heterocycles. The normalized spacial score (nSPS) is 11.0. The zero-order valence-electron chi connectivity index (χ0n) is 11.1. The summed E-state index contributed by atoms with van der Waals surface area (Å²) < 4.78 is 65.5. The van der Waals surface area contributed by atoms with Crippen LogP contribution >= 0.6 is 0 Å². The van der Waals surface area contributed by atoms with Crippen LogP contribution in [0.25, 0.3) is 0 Å². The summed E-state index contributed by atoms with van der Waals surface area (Å²) in [5.74, 6) is -11.6. The Morgan fingerprint density at radius 3 is 1.87 bits per heavy atom. The first-order chi connectivity index (χ1) is 10.8. The first-order valence-corrected chi connectivity index (χ1v) is 5.96. The number of carboxylic acids is 1. The number of hydrogen-bond donors (Lipinski definition) is 2. The second kappa shape index (κ2) is 6.42. The Balaban J connectivity index is 2.23. The number of hydrazone groups is 1. The molecular weight excluding hydrogens is 323 g/mol. The molecule has 2 rings (SSSR count). The molecule has 9 heteroatoms. The van der Waals surface area contributed by atoms with Gasteiger partial charge in [0.25, 0.3) is 0 Å². The van der Waals surface area contributed by atoms with Gasteiger partial charge in [0.05, 0.1) is 23.0 Å². The highest BCUT2D eigenvalue weighted by atomic mass is 19.2. The molecule has 4 nitrogen and oxygen atoms in total. The summed E-state index contributed by atoms with van der Waals surface area (Å²) in [6, 6.07) is 5.08. The topological polar surface area (TPSA) is 61.7 Å². The number of anilines is 1. The average Bonchev–Trinajstić information content (AvgIpc) is 2.54. The van der Waals surface area contributed by atoms with Crippen LogP contribution in [0.1, 0.15) is 15.9 Å². The van der Waals surface area contributed by atoms with Crippen LogP contribution in [0.2, 0.25) is 0 Å². The third kappa shape index (κ3) is 3.28. The summed E-state index contributed by atoms with van der Waals surface area (Å²) >= 11 is 0. The number of rotatable bonds is 4. The van der Waals surface area contributed by atoms with E-state index >= 15 is 0 Å². The summed E-state index contributed by atoms with van der Waals surface area (Å²) in [6.07, 6.45) is 0.432. The van der Waals surface area contributed by atoms with Crippen molar-refractivity contribution >= 4 is 17.9 Å². The zero-order valence-corrected chi connectivity index (χ0v) is 11.1. The maximum absolute atomic E-state index is 13.4. The minimum absolute atomic E-state index is 0.000653. The lowest BCUT2D eigenvalue weighted by atomic mass is 10.2. The van der Waals surface area contributed by atoms with Crippen molar-refractivity contribution in [2.24, 2.45) is 5.10 Å². The number of nitrogens with one attached hydrogen (secondary N) is 1. The molecule has 2 aromatic carbocycles. The van der Waals surface area contributed by atoms with E-state index in [4.69, 9.17) is 5.11 Å². The number of aromatic carboxylic acids is 1. The van der Waals surface area contributed by atoms with E-state index in [0.29, 0.717) is 6.21 Å². The standard InChI is InChI=1S/C14H7F5N2O2/c15-9-8(10(16)12(18)13(19)11(9)17)5-20-21-7-3-1-6(2-4-7)14(22)23/h1-5,21H,(H,22,23)/b20-5-. The van der Waals surface area contributed by atoms with Gasteiger partial charge in [0.15, 0.2) is 23.3 Å². The largest absolute Gasteiger partial charge is 0.478 e. The number of halogens is 5. The number of hydrogen-bond acceptors (Lipinski definition) is 3. The number of nitrogens with zero attached hydrogens (tertiary/aromatic N) is 1. The Bertz CT molecular complexity index is 762. The first kappa shape index (κ1) is 16.4. The Morgan fingerprint density at radius 1 is 0.913 bits per heavy atom. The highest BCUT2D eigenvalue weighted by molar-refractivity contribution is 5.88. The molecule has 0 unspecified atom stereocenters. The molecule has 0 radical (unpaired) electrons. The second-order valence-corrected chi connectivity index (χ2v) is 4.24.